The van der Waals surface area contributed by atoms with Gasteiger partial charge in [-0.05, 0) is 45.2 Å². The van der Waals surface area contributed by atoms with Gasteiger partial charge >= 0.3 is 6.03 Å². The first-order valence-electron chi connectivity index (χ1n) is 8.37. The van der Waals surface area contributed by atoms with E-state index in [0.29, 0.717) is 18.6 Å². The number of urea groups is 1. The summed E-state index contributed by atoms with van der Waals surface area (Å²) < 4.78 is 1.93. The number of likely N-dealkylation sites (tertiary alicyclic amines) is 1. The molecule has 2 unspecified atom stereocenters. The number of aryl methyl sites for hydroxylation is 2. The van der Waals surface area contributed by atoms with E-state index in [1.54, 1.807) is 0 Å². The lowest BCUT2D eigenvalue weighted by molar-refractivity contribution is 0.188. The smallest absolute Gasteiger partial charge is 0.317 e. The minimum Gasteiger partial charge on any atom is -0.338 e. The maximum Gasteiger partial charge on any atom is 0.317 e. The van der Waals surface area contributed by atoms with Crippen molar-refractivity contribution in [2.24, 2.45) is 0 Å². The van der Waals surface area contributed by atoms with Crippen LogP contribution in [0.3, 0.4) is 0 Å². The molecule has 2 aliphatic heterocycles. The zero-order valence-electron chi connectivity index (χ0n) is 13.7. The predicted octanol–water partition coefficient (Wildman–Crippen LogP) is 1.46. The van der Waals surface area contributed by atoms with Crippen LogP contribution in [0, 0.1) is 6.92 Å². The number of likely N-dealkylation sites (N-methyl/N-ethyl adjacent to an activating group) is 1. The molecule has 2 amide bonds. The van der Waals surface area contributed by atoms with Crippen molar-refractivity contribution in [3.63, 3.8) is 0 Å². The molecule has 0 aliphatic carbocycles. The van der Waals surface area contributed by atoms with Crippen LogP contribution in [0.4, 0.5) is 4.79 Å². The second-order valence-corrected chi connectivity index (χ2v) is 6.65. The van der Waals surface area contributed by atoms with Crippen LogP contribution in [0.25, 0.3) is 0 Å². The molecule has 22 heavy (non-hydrogen) atoms. The Morgan fingerprint density at radius 3 is 2.95 bits per heavy atom. The topological polar surface area (TPSA) is 53.4 Å². The van der Waals surface area contributed by atoms with Crippen molar-refractivity contribution in [2.45, 2.75) is 51.2 Å². The maximum atomic E-state index is 12.3. The zero-order valence-corrected chi connectivity index (χ0v) is 13.7. The van der Waals surface area contributed by atoms with Crippen LogP contribution in [-0.2, 0) is 6.54 Å². The molecule has 0 radical (unpaired) electrons. The number of amides is 2. The van der Waals surface area contributed by atoms with Crippen molar-refractivity contribution in [2.75, 3.05) is 26.7 Å². The van der Waals surface area contributed by atoms with Gasteiger partial charge in [-0.15, -0.1) is 0 Å². The van der Waals surface area contributed by atoms with Crippen LogP contribution in [0.15, 0.2) is 12.4 Å². The number of hydrogen-bond donors (Lipinski definition) is 1. The lowest BCUT2D eigenvalue weighted by atomic mass is 10.1. The summed E-state index contributed by atoms with van der Waals surface area (Å²) in [6.45, 7) is 5.35. The number of nitrogens with zero attached hydrogens (tertiary/aromatic N) is 4. The average molecular weight is 305 g/mol. The molecule has 1 aromatic heterocycles. The Balaban J connectivity index is 1.40. The Morgan fingerprint density at radius 1 is 1.36 bits per heavy atom. The molecule has 0 aromatic carbocycles. The summed E-state index contributed by atoms with van der Waals surface area (Å²) in [4.78, 5) is 16.8. The molecule has 1 N–H and O–H groups in total. The van der Waals surface area contributed by atoms with Gasteiger partial charge in [0, 0.05) is 44.5 Å². The second kappa shape index (κ2) is 6.69. The predicted molar refractivity (Wildman–Crippen MR) is 85.7 cm³/mol. The van der Waals surface area contributed by atoms with Gasteiger partial charge in [0.15, 0.2) is 0 Å². The molecule has 2 fully saturated rings. The molecule has 0 spiro atoms. The van der Waals surface area contributed by atoms with E-state index >= 15 is 0 Å². The fourth-order valence-corrected chi connectivity index (χ4v) is 3.63. The van der Waals surface area contributed by atoms with E-state index in [-0.39, 0.29) is 6.03 Å². The van der Waals surface area contributed by atoms with Crippen molar-refractivity contribution < 1.29 is 4.79 Å². The van der Waals surface area contributed by atoms with Crippen LogP contribution in [0.2, 0.25) is 0 Å². The van der Waals surface area contributed by atoms with Crippen LogP contribution < -0.4 is 5.32 Å². The van der Waals surface area contributed by atoms with Crippen molar-refractivity contribution in [3.05, 3.63) is 18.0 Å². The Labute approximate surface area is 132 Å². The van der Waals surface area contributed by atoms with Gasteiger partial charge in [-0.2, -0.15) is 5.10 Å². The first-order chi connectivity index (χ1) is 10.6. The van der Waals surface area contributed by atoms with Gasteiger partial charge < -0.3 is 10.2 Å². The number of aromatic nitrogens is 2. The summed E-state index contributed by atoms with van der Waals surface area (Å²) in [7, 11) is 2.20. The van der Waals surface area contributed by atoms with Gasteiger partial charge in [0.2, 0.25) is 0 Å². The maximum absolute atomic E-state index is 12.3. The lowest BCUT2D eigenvalue weighted by Crippen LogP contribution is -2.45. The van der Waals surface area contributed by atoms with E-state index in [4.69, 9.17) is 0 Å². The molecule has 0 saturated carbocycles. The van der Waals surface area contributed by atoms with Crippen molar-refractivity contribution in [1.82, 2.24) is 24.9 Å². The summed E-state index contributed by atoms with van der Waals surface area (Å²) in [5.41, 5.74) is 1.17. The summed E-state index contributed by atoms with van der Waals surface area (Å²) in [6.07, 6.45) is 8.42. The number of hydrogen-bond acceptors (Lipinski definition) is 3. The van der Waals surface area contributed by atoms with Gasteiger partial charge in [-0.3, -0.25) is 9.58 Å². The molecule has 1 aromatic rings. The molecule has 2 saturated heterocycles. The quantitative estimate of drug-likeness (QED) is 0.857. The third-order valence-corrected chi connectivity index (χ3v) is 5.04. The van der Waals surface area contributed by atoms with Crippen LogP contribution in [0.5, 0.6) is 0 Å². The molecule has 3 heterocycles. The SMILES string of the molecule is Cc1cnn(CCCNC(=O)N2CCC3CCC(C2)N3C)c1. The molecule has 6 nitrogen and oxygen atoms in total. The zero-order chi connectivity index (χ0) is 15.5. The van der Waals surface area contributed by atoms with Gasteiger partial charge in [0.25, 0.3) is 0 Å². The highest BCUT2D eigenvalue weighted by Crippen LogP contribution is 2.28. The Hall–Kier alpha value is -1.56. The Kier molecular flexibility index (Phi) is 4.66. The first-order valence-corrected chi connectivity index (χ1v) is 8.37. The second-order valence-electron chi connectivity index (χ2n) is 6.65. The highest BCUT2D eigenvalue weighted by molar-refractivity contribution is 5.74. The Morgan fingerprint density at radius 2 is 2.18 bits per heavy atom. The van der Waals surface area contributed by atoms with Gasteiger partial charge in [-0.1, -0.05) is 0 Å². The van der Waals surface area contributed by atoms with Crippen molar-refractivity contribution >= 4 is 6.03 Å². The van der Waals surface area contributed by atoms with E-state index in [1.807, 2.05) is 28.9 Å². The number of fused-ring (bicyclic) bond motifs is 2. The minimum atomic E-state index is 0.0950. The number of nitrogens with one attached hydrogen (secondary N) is 1. The van der Waals surface area contributed by atoms with Crippen LogP contribution in [0.1, 0.15) is 31.2 Å². The van der Waals surface area contributed by atoms with Gasteiger partial charge in [0.1, 0.15) is 0 Å². The molecule has 2 atom stereocenters. The fourth-order valence-electron chi connectivity index (χ4n) is 3.63. The third-order valence-electron chi connectivity index (χ3n) is 5.04. The standard InChI is InChI=1S/C16H27N5O/c1-13-10-18-21(11-13)8-3-7-17-16(22)20-9-6-14-4-5-15(12-20)19(14)2/h10-11,14-15H,3-9,12H2,1-2H3,(H,17,22). The van der Waals surface area contributed by atoms with Crippen LogP contribution in [-0.4, -0.2) is 64.4 Å². The number of carbonyl (C=O) groups excluding carboxylic acids is 1. The van der Waals surface area contributed by atoms with E-state index < -0.39 is 0 Å². The highest BCUT2D eigenvalue weighted by atomic mass is 16.2. The molecule has 6 heteroatoms. The molecular formula is C16H27N5O. The first kappa shape index (κ1) is 15.3. The molecular weight excluding hydrogens is 278 g/mol. The summed E-state index contributed by atoms with van der Waals surface area (Å²) >= 11 is 0. The average Bonchev–Trinajstić information content (AvgIpc) is 2.99. The molecule has 2 aliphatic rings. The normalized spacial score (nSPS) is 25.3. The molecule has 122 valence electrons. The minimum absolute atomic E-state index is 0.0950. The third kappa shape index (κ3) is 3.43. The highest BCUT2D eigenvalue weighted by Gasteiger charge is 2.35. The number of carbonyl (C=O) groups is 1. The van der Waals surface area contributed by atoms with Crippen molar-refractivity contribution in [3.8, 4) is 0 Å². The summed E-state index contributed by atoms with van der Waals surface area (Å²) in [5, 5.41) is 7.32. The number of rotatable bonds is 4. The fraction of sp³-hybridized carbons (Fsp3) is 0.750. The summed E-state index contributed by atoms with van der Waals surface area (Å²) in [6, 6.07) is 1.31. The largest absolute Gasteiger partial charge is 0.338 e. The lowest BCUT2D eigenvalue weighted by Gasteiger charge is -2.26. The van der Waals surface area contributed by atoms with Crippen LogP contribution >= 0.6 is 0 Å². The van der Waals surface area contributed by atoms with Gasteiger partial charge in [-0.25, -0.2) is 4.79 Å². The summed E-state index contributed by atoms with van der Waals surface area (Å²) in [5.74, 6) is 0. The monoisotopic (exact) mass is 305 g/mol. The molecule has 3 rings (SSSR count). The van der Waals surface area contributed by atoms with E-state index in [1.165, 1.54) is 18.4 Å². The van der Waals surface area contributed by atoms with E-state index in [9.17, 15) is 4.79 Å². The van der Waals surface area contributed by atoms with Gasteiger partial charge in [0.05, 0.1) is 6.20 Å². The van der Waals surface area contributed by atoms with Crippen molar-refractivity contribution in [1.29, 1.82) is 0 Å². The molecule has 2 bridgehead atoms. The Bertz CT molecular complexity index is 514. The van der Waals surface area contributed by atoms with E-state index in [0.717, 1.165) is 32.5 Å². The van der Waals surface area contributed by atoms with E-state index in [2.05, 4.69) is 22.4 Å².